The molecule has 0 amide bonds. The van der Waals surface area contributed by atoms with Crippen LogP contribution in [0.2, 0.25) is 0 Å². The van der Waals surface area contributed by atoms with Crippen LogP contribution in [0, 0.1) is 0 Å². The van der Waals surface area contributed by atoms with E-state index in [1.807, 2.05) is 78.9 Å². The number of hydrogen-bond acceptors (Lipinski definition) is 5. The molecule has 0 aliphatic carbocycles. The SMILES string of the molecule is Nc1cccc(Oc2ccc(C3(c4ccc(Oc5cccc(N)c5)cc4)C=c4ccccc4=N3)cc2)c1. The average Bonchev–Trinajstić information content (AvgIpc) is 3.30. The molecule has 1 heterocycles. The molecule has 1 aliphatic heterocycles. The second-order valence-electron chi connectivity index (χ2n) is 8.98. The van der Waals surface area contributed by atoms with Crippen molar-refractivity contribution in [2.24, 2.45) is 4.99 Å². The summed E-state index contributed by atoms with van der Waals surface area (Å²) in [5.41, 5.74) is 14.5. The van der Waals surface area contributed by atoms with Crippen LogP contribution in [-0.2, 0) is 5.54 Å². The van der Waals surface area contributed by atoms with Crippen LogP contribution in [0.5, 0.6) is 23.0 Å². The smallest absolute Gasteiger partial charge is 0.130 e. The van der Waals surface area contributed by atoms with E-state index in [1.54, 1.807) is 12.1 Å². The second-order valence-corrected chi connectivity index (χ2v) is 8.98. The van der Waals surface area contributed by atoms with Crippen LogP contribution in [0.25, 0.3) is 6.08 Å². The number of rotatable bonds is 6. The Labute approximate surface area is 214 Å². The van der Waals surface area contributed by atoms with Gasteiger partial charge in [-0.3, -0.25) is 4.99 Å². The number of anilines is 2. The fourth-order valence-electron chi connectivity index (χ4n) is 4.60. The zero-order valence-corrected chi connectivity index (χ0v) is 20.0. The van der Waals surface area contributed by atoms with Crippen LogP contribution in [0.4, 0.5) is 11.4 Å². The normalized spacial score (nSPS) is 13.2. The third-order valence-corrected chi connectivity index (χ3v) is 6.37. The summed E-state index contributed by atoms with van der Waals surface area (Å²) in [6.07, 6.45) is 2.21. The first-order valence-corrected chi connectivity index (χ1v) is 12.0. The van der Waals surface area contributed by atoms with Gasteiger partial charge in [0.2, 0.25) is 0 Å². The van der Waals surface area contributed by atoms with Gasteiger partial charge < -0.3 is 20.9 Å². The lowest BCUT2D eigenvalue weighted by Gasteiger charge is -2.26. The maximum atomic E-state index is 6.01. The number of ether oxygens (including phenoxy) is 2. The van der Waals surface area contributed by atoms with Crippen molar-refractivity contribution < 1.29 is 9.47 Å². The van der Waals surface area contributed by atoms with Gasteiger partial charge in [-0.15, -0.1) is 0 Å². The van der Waals surface area contributed by atoms with Crippen molar-refractivity contribution in [1.29, 1.82) is 0 Å². The van der Waals surface area contributed by atoms with Gasteiger partial charge in [-0.1, -0.05) is 54.6 Å². The Morgan fingerprint density at radius 3 is 1.51 bits per heavy atom. The Morgan fingerprint density at radius 2 is 1.03 bits per heavy atom. The van der Waals surface area contributed by atoms with Crippen LogP contribution in [0.15, 0.2) is 126 Å². The minimum atomic E-state index is -0.672. The molecule has 5 aromatic rings. The summed E-state index contributed by atoms with van der Waals surface area (Å²) in [7, 11) is 0. The molecule has 5 heteroatoms. The highest BCUT2D eigenvalue weighted by molar-refractivity contribution is 5.59. The van der Waals surface area contributed by atoms with Crippen molar-refractivity contribution in [2.45, 2.75) is 5.54 Å². The highest BCUT2D eigenvalue weighted by atomic mass is 16.5. The maximum Gasteiger partial charge on any atom is 0.130 e. The molecule has 0 saturated heterocycles. The van der Waals surface area contributed by atoms with Gasteiger partial charge in [0.05, 0.1) is 5.36 Å². The molecular weight excluding hydrogens is 458 g/mol. The number of nitrogens with two attached hydrogens (primary N) is 2. The van der Waals surface area contributed by atoms with Crippen LogP contribution in [0.1, 0.15) is 11.1 Å². The molecule has 4 N–H and O–H groups in total. The van der Waals surface area contributed by atoms with E-state index in [-0.39, 0.29) is 0 Å². The summed E-state index contributed by atoms with van der Waals surface area (Å²) in [4.78, 5) is 5.20. The fourth-order valence-corrected chi connectivity index (χ4v) is 4.60. The Bertz CT molecular complexity index is 1570. The van der Waals surface area contributed by atoms with E-state index < -0.39 is 5.54 Å². The van der Waals surface area contributed by atoms with Crippen molar-refractivity contribution in [3.63, 3.8) is 0 Å². The minimum absolute atomic E-state index is 0.661. The van der Waals surface area contributed by atoms with Gasteiger partial charge in [-0.25, -0.2) is 0 Å². The third-order valence-electron chi connectivity index (χ3n) is 6.37. The second kappa shape index (κ2) is 9.21. The van der Waals surface area contributed by atoms with Gasteiger partial charge in [0, 0.05) is 23.5 Å². The summed E-state index contributed by atoms with van der Waals surface area (Å²) < 4.78 is 12.0. The highest BCUT2D eigenvalue weighted by Crippen LogP contribution is 2.39. The standard InChI is InChI=1S/C32H25N3O2/c33-25-6-3-8-29(19-25)36-27-15-11-23(12-16-27)32(21-22-5-1-2-10-31(22)35-32)24-13-17-28(18-14-24)37-30-9-4-7-26(34)20-30/h1-21H,33-34H2. The quantitative estimate of drug-likeness (QED) is 0.299. The monoisotopic (exact) mass is 483 g/mol. The molecule has 37 heavy (non-hydrogen) atoms. The van der Waals surface area contributed by atoms with Gasteiger partial charge in [0.25, 0.3) is 0 Å². The molecule has 5 aromatic carbocycles. The molecular formula is C32H25N3O2. The molecule has 0 unspecified atom stereocenters. The minimum Gasteiger partial charge on any atom is -0.457 e. The van der Waals surface area contributed by atoms with Gasteiger partial charge in [-0.2, -0.15) is 0 Å². The molecule has 1 aliphatic rings. The van der Waals surface area contributed by atoms with E-state index in [2.05, 4.69) is 36.4 Å². The molecule has 0 atom stereocenters. The molecule has 180 valence electrons. The molecule has 0 saturated carbocycles. The molecule has 0 fully saturated rings. The fraction of sp³-hybridized carbons (Fsp3) is 0.0312. The van der Waals surface area contributed by atoms with Gasteiger partial charge in [0.15, 0.2) is 0 Å². The van der Waals surface area contributed by atoms with Crippen LogP contribution in [0.3, 0.4) is 0 Å². The highest BCUT2D eigenvalue weighted by Gasteiger charge is 2.34. The third kappa shape index (κ3) is 4.50. The molecule has 0 bridgehead atoms. The van der Waals surface area contributed by atoms with E-state index in [0.29, 0.717) is 22.9 Å². The van der Waals surface area contributed by atoms with Crippen molar-refractivity contribution in [3.05, 3.63) is 143 Å². The van der Waals surface area contributed by atoms with Crippen LogP contribution in [-0.4, -0.2) is 0 Å². The molecule has 0 spiro atoms. The van der Waals surface area contributed by atoms with Crippen molar-refractivity contribution >= 4 is 17.5 Å². The number of nitrogens with zero attached hydrogens (tertiary/aromatic N) is 1. The summed E-state index contributed by atoms with van der Waals surface area (Å²) >= 11 is 0. The maximum absolute atomic E-state index is 6.01. The predicted octanol–water partition coefficient (Wildman–Crippen LogP) is 5.79. The van der Waals surface area contributed by atoms with Crippen molar-refractivity contribution in [2.75, 3.05) is 11.5 Å². The van der Waals surface area contributed by atoms with Gasteiger partial charge >= 0.3 is 0 Å². The number of hydrogen-bond donors (Lipinski definition) is 2. The summed E-state index contributed by atoms with van der Waals surface area (Å²) in [6.45, 7) is 0. The van der Waals surface area contributed by atoms with E-state index in [0.717, 1.165) is 33.2 Å². The van der Waals surface area contributed by atoms with Crippen LogP contribution < -0.4 is 31.5 Å². The summed E-state index contributed by atoms with van der Waals surface area (Å²) in [6, 6.07) is 39.1. The molecule has 0 aromatic heterocycles. The first-order chi connectivity index (χ1) is 18.1. The zero-order chi connectivity index (χ0) is 25.2. The Balaban J connectivity index is 1.35. The van der Waals surface area contributed by atoms with E-state index in [1.165, 1.54) is 0 Å². The average molecular weight is 484 g/mol. The summed E-state index contributed by atoms with van der Waals surface area (Å²) in [5, 5.41) is 2.06. The Kier molecular flexibility index (Phi) is 5.58. The molecule has 6 rings (SSSR count). The number of benzene rings is 5. The number of nitrogen functional groups attached to an aromatic ring is 2. The largest absolute Gasteiger partial charge is 0.457 e. The first-order valence-electron chi connectivity index (χ1n) is 12.0. The van der Waals surface area contributed by atoms with E-state index >= 15 is 0 Å². The lowest BCUT2D eigenvalue weighted by molar-refractivity contribution is 0.482. The van der Waals surface area contributed by atoms with Crippen molar-refractivity contribution in [3.8, 4) is 23.0 Å². The lowest BCUT2D eigenvalue weighted by Crippen LogP contribution is -2.21. The first kappa shape index (κ1) is 22.4. The Hall–Kier alpha value is -5.03. The molecule has 0 radical (unpaired) electrons. The number of fused-ring (bicyclic) bond motifs is 1. The van der Waals surface area contributed by atoms with Gasteiger partial charge in [-0.05, 0) is 77.0 Å². The molecule has 5 nitrogen and oxygen atoms in total. The Morgan fingerprint density at radius 1 is 0.514 bits per heavy atom. The van der Waals surface area contributed by atoms with Crippen molar-refractivity contribution in [1.82, 2.24) is 0 Å². The topological polar surface area (TPSA) is 82.9 Å². The zero-order valence-electron chi connectivity index (χ0n) is 20.0. The van der Waals surface area contributed by atoms with E-state index in [9.17, 15) is 0 Å². The van der Waals surface area contributed by atoms with E-state index in [4.69, 9.17) is 25.9 Å². The van der Waals surface area contributed by atoms with Crippen LogP contribution >= 0.6 is 0 Å². The van der Waals surface area contributed by atoms with Gasteiger partial charge in [0.1, 0.15) is 28.5 Å². The predicted molar refractivity (Wildman–Crippen MR) is 147 cm³/mol. The summed E-state index contributed by atoms with van der Waals surface area (Å²) in [5.74, 6) is 2.85. The number of para-hydroxylation sites is 1. The lowest BCUT2D eigenvalue weighted by atomic mass is 9.83.